The molecule has 2 aromatic rings. The van der Waals surface area contributed by atoms with Crippen molar-refractivity contribution in [3.05, 3.63) is 54.1 Å². The molecule has 0 unspecified atom stereocenters. The Labute approximate surface area is 165 Å². The Balaban J connectivity index is 1.67. The van der Waals surface area contributed by atoms with Crippen LogP contribution in [-0.4, -0.2) is 34.0 Å². The molecule has 0 bridgehead atoms. The highest BCUT2D eigenvalue weighted by atomic mass is 32.2. The van der Waals surface area contributed by atoms with Crippen molar-refractivity contribution in [2.75, 3.05) is 29.9 Å². The summed E-state index contributed by atoms with van der Waals surface area (Å²) in [4.78, 5) is 14.8. The first-order valence-corrected chi connectivity index (χ1v) is 10.6. The summed E-state index contributed by atoms with van der Waals surface area (Å²) in [6.45, 7) is 2.10. The average Bonchev–Trinajstić information content (AvgIpc) is 3.23. The van der Waals surface area contributed by atoms with E-state index in [1.807, 2.05) is 30.3 Å². The molecule has 1 heterocycles. The molecule has 2 aromatic carbocycles. The van der Waals surface area contributed by atoms with Gasteiger partial charge in [-0.05, 0) is 55.3 Å². The van der Waals surface area contributed by atoms with Crippen LogP contribution in [0.5, 0.6) is 0 Å². The zero-order chi connectivity index (χ0) is 20.0. The molecule has 0 atom stereocenters. The number of sulfonamides is 1. The first kappa shape index (κ1) is 19.9. The van der Waals surface area contributed by atoms with E-state index in [2.05, 4.69) is 14.9 Å². The van der Waals surface area contributed by atoms with Crippen molar-refractivity contribution in [1.29, 1.82) is 5.26 Å². The summed E-state index contributed by atoms with van der Waals surface area (Å²) in [5.41, 5.74) is 2.15. The zero-order valence-corrected chi connectivity index (χ0v) is 16.2. The Morgan fingerprint density at radius 3 is 2.50 bits per heavy atom. The number of anilines is 2. The number of carbonyl (C=O) groups is 1. The van der Waals surface area contributed by atoms with Crippen LogP contribution >= 0.6 is 0 Å². The summed E-state index contributed by atoms with van der Waals surface area (Å²) in [6, 6.07) is 15.3. The van der Waals surface area contributed by atoms with Gasteiger partial charge in [0, 0.05) is 43.0 Å². The average molecular weight is 398 g/mol. The molecule has 1 saturated heterocycles. The zero-order valence-electron chi connectivity index (χ0n) is 15.4. The molecule has 2 N–H and O–H groups in total. The standard InChI is InChI=1S/C20H22N4O3S/c21-11-4-12-22-28(26,27)19-9-7-16(8-10-19)20(25)23-17-5-3-6-18(15-17)24-13-1-2-14-24/h3,5-10,15,22H,1-2,4,12-14H2,(H,23,25). The predicted octanol–water partition coefficient (Wildman–Crippen LogP) is 2.73. The summed E-state index contributed by atoms with van der Waals surface area (Å²) in [5, 5.41) is 11.4. The second-order valence-electron chi connectivity index (χ2n) is 6.53. The molecule has 1 aliphatic heterocycles. The van der Waals surface area contributed by atoms with Crippen LogP contribution in [0.3, 0.4) is 0 Å². The quantitative estimate of drug-likeness (QED) is 0.698. The highest BCUT2D eigenvalue weighted by molar-refractivity contribution is 7.89. The Morgan fingerprint density at radius 2 is 1.82 bits per heavy atom. The number of carbonyl (C=O) groups excluding carboxylic acids is 1. The summed E-state index contributed by atoms with van der Waals surface area (Å²) >= 11 is 0. The van der Waals surface area contributed by atoms with Crippen molar-refractivity contribution in [3.8, 4) is 6.07 Å². The van der Waals surface area contributed by atoms with Crippen LogP contribution < -0.4 is 14.9 Å². The largest absolute Gasteiger partial charge is 0.371 e. The number of hydrogen-bond donors (Lipinski definition) is 2. The fourth-order valence-electron chi connectivity index (χ4n) is 3.07. The molecule has 0 saturated carbocycles. The van der Waals surface area contributed by atoms with Gasteiger partial charge in [-0.3, -0.25) is 4.79 Å². The van der Waals surface area contributed by atoms with Gasteiger partial charge in [0.15, 0.2) is 0 Å². The molecule has 1 fully saturated rings. The number of nitrogens with one attached hydrogen (secondary N) is 2. The number of benzene rings is 2. The van der Waals surface area contributed by atoms with Crippen molar-refractivity contribution in [3.63, 3.8) is 0 Å². The molecule has 146 valence electrons. The lowest BCUT2D eigenvalue weighted by atomic mass is 10.2. The molecule has 0 aromatic heterocycles. The summed E-state index contributed by atoms with van der Waals surface area (Å²) in [6.07, 6.45) is 2.45. The van der Waals surface area contributed by atoms with Crippen molar-refractivity contribution in [1.82, 2.24) is 4.72 Å². The molecule has 1 amide bonds. The minimum absolute atomic E-state index is 0.0500. The maximum Gasteiger partial charge on any atom is 0.255 e. The van der Waals surface area contributed by atoms with Crippen molar-refractivity contribution < 1.29 is 13.2 Å². The first-order chi connectivity index (χ1) is 13.5. The van der Waals surface area contributed by atoms with E-state index in [1.165, 1.54) is 37.1 Å². The van der Waals surface area contributed by atoms with E-state index >= 15 is 0 Å². The molecule has 8 heteroatoms. The van der Waals surface area contributed by atoms with Gasteiger partial charge >= 0.3 is 0 Å². The normalized spacial score (nSPS) is 13.9. The SMILES string of the molecule is N#CCCNS(=O)(=O)c1ccc(C(=O)Nc2cccc(N3CCCC3)c2)cc1. The molecule has 0 spiro atoms. The molecular weight excluding hydrogens is 376 g/mol. The summed E-state index contributed by atoms with van der Waals surface area (Å²) in [5.74, 6) is -0.306. The smallest absolute Gasteiger partial charge is 0.255 e. The van der Waals surface area contributed by atoms with Gasteiger partial charge in [0.2, 0.25) is 10.0 Å². The van der Waals surface area contributed by atoms with Gasteiger partial charge in [-0.2, -0.15) is 5.26 Å². The van der Waals surface area contributed by atoms with E-state index in [4.69, 9.17) is 5.26 Å². The maximum atomic E-state index is 12.5. The van der Waals surface area contributed by atoms with Crippen LogP contribution in [0.15, 0.2) is 53.4 Å². The fourth-order valence-corrected chi connectivity index (χ4v) is 4.10. The highest BCUT2D eigenvalue weighted by Gasteiger charge is 2.15. The fraction of sp³-hybridized carbons (Fsp3) is 0.300. The van der Waals surface area contributed by atoms with Crippen molar-refractivity contribution in [2.45, 2.75) is 24.2 Å². The maximum absolute atomic E-state index is 12.5. The molecule has 0 aliphatic carbocycles. The third-order valence-electron chi connectivity index (χ3n) is 4.53. The van der Waals surface area contributed by atoms with Crippen LogP contribution in [0, 0.1) is 11.3 Å². The summed E-state index contributed by atoms with van der Waals surface area (Å²) < 4.78 is 26.6. The molecule has 7 nitrogen and oxygen atoms in total. The minimum Gasteiger partial charge on any atom is -0.371 e. The second kappa shape index (κ2) is 8.87. The van der Waals surface area contributed by atoms with Gasteiger partial charge < -0.3 is 10.2 Å². The van der Waals surface area contributed by atoms with Gasteiger partial charge in [0.05, 0.1) is 11.0 Å². The van der Waals surface area contributed by atoms with E-state index < -0.39 is 10.0 Å². The molecule has 3 rings (SSSR count). The Bertz CT molecular complexity index is 975. The Morgan fingerprint density at radius 1 is 1.11 bits per heavy atom. The Hall–Kier alpha value is -2.89. The van der Waals surface area contributed by atoms with Crippen LogP contribution in [0.2, 0.25) is 0 Å². The van der Waals surface area contributed by atoms with Gasteiger partial charge in [-0.1, -0.05) is 6.07 Å². The van der Waals surface area contributed by atoms with Gasteiger partial charge in [0.1, 0.15) is 0 Å². The van der Waals surface area contributed by atoms with Gasteiger partial charge in [0.25, 0.3) is 5.91 Å². The van der Waals surface area contributed by atoms with Gasteiger partial charge in [-0.25, -0.2) is 13.1 Å². The highest BCUT2D eigenvalue weighted by Crippen LogP contribution is 2.23. The van der Waals surface area contributed by atoms with E-state index in [9.17, 15) is 13.2 Å². The van der Waals surface area contributed by atoms with Gasteiger partial charge in [-0.15, -0.1) is 0 Å². The number of nitriles is 1. The third kappa shape index (κ3) is 4.88. The lowest BCUT2D eigenvalue weighted by Gasteiger charge is -2.18. The topological polar surface area (TPSA) is 102 Å². The minimum atomic E-state index is -3.69. The predicted molar refractivity (Wildman–Crippen MR) is 108 cm³/mol. The number of amides is 1. The van der Waals surface area contributed by atoms with Crippen LogP contribution in [0.4, 0.5) is 11.4 Å². The lowest BCUT2D eigenvalue weighted by molar-refractivity contribution is 0.102. The van der Waals surface area contributed by atoms with Crippen molar-refractivity contribution in [2.24, 2.45) is 0 Å². The van der Waals surface area contributed by atoms with Crippen LogP contribution in [-0.2, 0) is 10.0 Å². The third-order valence-corrected chi connectivity index (χ3v) is 6.01. The van der Waals surface area contributed by atoms with Crippen LogP contribution in [0.25, 0.3) is 0 Å². The van der Waals surface area contributed by atoms with E-state index in [0.717, 1.165) is 18.8 Å². The van der Waals surface area contributed by atoms with Crippen molar-refractivity contribution >= 4 is 27.3 Å². The van der Waals surface area contributed by atoms with E-state index in [-0.39, 0.29) is 23.8 Å². The van der Waals surface area contributed by atoms with E-state index in [1.54, 1.807) is 0 Å². The molecule has 1 aliphatic rings. The molecule has 0 radical (unpaired) electrons. The summed E-state index contributed by atoms with van der Waals surface area (Å²) in [7, 11) is -3.69. The number of nitrogens with zero attached hydrogens (tertiary/aromatic N) is 2. The molecule has 28 heavy (non-hydrogen) atoms. The number of hydrogen-bond acceptors (Lipinski definition) is 5. The van der Waals surface area contributed by atoms with Crippen LogP contribution in [0.1, 0.15) is 29.6 Å². The monoisotopic (exact) mass is 398 g/mol. The molecular formula is C20H22N4O3S. The second-order valence-corrected chi connectivity index (χ2v) is 8.30. The first-order valence-electron chi connectivity index (χ1n) is 9.13. The lowest BCUT2D eigenvalue weighted by Crippen LogP contribution is -2.24. The van der Waals surface area contributed by atoms with E-state index in [0.29, 0.717) is 11.3 Å². The Kier molecular flexibility index (Phi) is 6.29. The number of rotatable bonds is 7.